The van der Waals surface area contributed by atoms with Gasteiger partial charge in [-0.25, -0.2) is 4.68 Å². The van der Waals surface area contributed by atoms with Gasteiger partial charge in [-0.15, -0.1) is 0 Å². The van der Waals surface area contributed by atoms with Crippen molar-refractivity contribution in [3.63, 3.8) is 0 Å². The minimum absolute atomic E-state index is 0.209. The number of aromatic nitrogens is 2. The molecule has 1 aromatic heterocycles. The van der Waals surface area contributed by atoms with Crippen molar-refractivity contribution in [1.29, 1.82) is 0 Å². The molecule has 29 heavy (non-hydrogen) atoms. The van der Waals surface area contributed by atoms with Crippen LogP contribution in [0.15, 0.2) is 72.3 Å². The van der Waals surface area contributed by atoms with Gasteiger partial charge >= 0.3 is 0 Å². The molecule has 0 aliphatic carbocycles. The topological polar surface area (TPSA) is 29.9 Å². The van der Waals surface area contributed by atoms with E-state index in [4.69, 9.17) is 0 Å². The van der Waals surface area contributed by atoms with Crippen molar-refractivity contribution in [3.8, 4) is 0 Å². The molecule has 0 unspecified atom stereocenters. The Balaban J connectivity index is 1.91. The predicted molar refractivity (Wildman–Crippen MR) is 121 cm³/mol. The lowest BCUT2D eigenvalue weighted by Crippen LogP contribution is -2.19. The maximum atomic E-state index is 13.2. The Morgan fingerprint density at radius 3 is 2.45 bits per heavy atom. The summed E-state index contributed by atoms with van der Waals surface area (Å²) in [4.78, 5) is 0.506. The monoisotopic (exact) mass is 407 g/mol. The summed E-state index contributed by atoms with van der Waals surface area (Å²) in [5.41, 5.74) is 6.32. The number of aryl methyl sites for hydroxylation is 2. The van der Waals surface area contributed by atoms with E-state index in [0.717, 1.165) is 34.6 Å². The van der Waals surface area contributed by atoms with Crippen LogP contribution in [-0.2, 0) is 13.0 Å². The van der Waals surface area contributed by atoms with Gasteiger partial charge in [-0.05, 0) is 54.2 Å². The van der Waals surface area contributed by atoms with Crippen LogP contribution in [0.5, 0.6) is 0 Å². The second-order valence-corrected chi connectivity index (χ2v) is 7.57. The first-order valence-electron chi connectivity index (χ1n) is 9.65. The van der Waals surface area contributed by atoms with Crippen LogP contribution in [0.4, 0.5) is 3.89 Å². The Kier molecular flexibility index (Phi) is 6.94. The van der Waals surface area contributed by atoms with Crippen LogP contribution in [0, 0.1) is 13.8 Å². The molecule has 5 heteroatoms. The first-order chi connectivity index (χ1) is 14.0. The number of halogens is 1. The summed E-state index contributed by atoms with van der Waals surface area (Å²) < 4.78 is 14.9. The SMILES string of the molecule is C=C(/C=C(/NCc1ccc(CC)cc1)n1ncc(SF)c1C)c1ccccc1C. The van der Waals surface area contributed by atoms with Gasteiger partial charge in [-0.3, -0.25) is 0 Å². The Hall–Kier alpha value is -2.79. The molecule has 0 fully saturated rings. The number of benzene rings is 2. The molecule has 0 saturated heterocycles. The minimum Gasteiger partial charge on any atom is -0.366 e. The molecule has 0 atom stereocenters. The number of nitrogens with one attached hydrogen (secondary N) is 1. The highest BCUT2D eigenvalue weighted by molar-refractivity contribution is 7.94. The largest absolute Gasteiger partial charge is 0.366 e. The summed E-state index contributed by atoms with van der Waals surface area (Å²) >= 11 is 0.209. The second kappa shape index (κ2) is 9.61. The van der Waals surface area contributed by atoms with Gasteiger partial charge in [-0.1, -0.05) is 62.0 Å². The van der Waals surface area contributed by atoms with Gasteiger partial charge in [0, 0.05) is 6.54 Å². The van der Waals surface area contributed by atoms with E-state index in [1.165, 1.54) is 11.1 Å². The molecule has 0 amide bonds. The Labute approximate surface area is 176 Å². The molecule has 3 aromatic rings. The van der Waals surface area contributed by atoms with E-state index in [1.54, 1.807) is 10.9 Å². The van der Waals surface area contributed by atoms with Crippen LogP contribution in [0.25, 0.3) is 11.4 Å². The van der Waals surface area contributed by atoms with Crippen LogP contribution in [-0.4, -0.2) is 9.78 Å². The normalized spacial score (nSPS) is 11.5. The number of rotatable bonds is 8. The molecule has 2 aromatic carbocycles. The Morgan fingerprint density at radius 2 is 1.83 bits per heavy atom. The average molecular weight is 408 g/mol. The molecule has 150 valence electrons. The van der Waals surface area contributed by atoms with E-state index in [0.29, 0.717) is 11.4 Å². The zero-order chi connectivity index (χ0) is 20.8. The Bertz CT molecular complexity index is 1020. The third-order valence-corrected chi connectivity index (χ3v) is 5.55. The summed E-state index contributed by atoms with van der Waals surface area (Å²) in [7, 11) is 0. The van der Waals surface area contributed by atoms with E-state index in [2.05, 4.69) is 61.2 Å². The third-order valence-electron chi connectivity index (χ3n) is 4.98. The first-order valence-corrected chi connectivity index (χ1v) is 10.4. The van der Waals surface area contributed by atoms with Crippen molar-refractivity contribution >= 4 is 23.5 Å². The van der Waals surface area contributed by atoms with Crippen molar-refractivity contribution in [2.75, 3.05) is 0 Å². The summed E-state index contributed by atoms with van der Waals surface area (Å²) in [5, 5.41) is 7.84. The van der Waals surface area contributed by atoms with Crippen LogP contribution < -0.4 is 5.32 Å². The highest BCUT2D eigenvalue weighted by Gasteiger charge is 2.12. The fourth-order valence-corrected chi connectivity index (χ4v) is 3.45. The number of allylic oxidation sites excluding steroid dienone is 2. The molecular weight excluding hydrogens is 381 g/mol. The molecule has 1 heterocycles. The Morgan fingerprint density at radius 1 is 1.14 bits per heavy atom. The van der Waals surface area contributed by atoms with Gasteiger partial charge in [0.15, 0.2) is 0 Å². The van der Waals surface area contributed by atoms with Crippen molar-refractivity contribution in [2.45, 2.75) is 38.6 Å². The highest BCUT2D eigenvalue weighted by Crippen LogP contribution is 2.26. The first kappa shape index (κ1) is 20.9. The van der Waals surface area contributed by atoms with E-state index in [9.17, 15) is 3.89 Å². The maximum absolute atomic E-state index is 13.2. The molecule has 3 rings (SSSR count). The predicted octanol–water partition coefficient (Wildman–Crippen LogP) is 6.34. The van der Waals surface area contributed by atoms with Crippen LogP contribution in [0.2, 0.25) is 0 Å². The molecule has 0 saturated carbocycles. The van der Waals surface area contributed by atoms with Crippen molar-refractivity contribution in [2.24, 2.45) is 0 Å². The number of nitrogens with zero attached hydrogens (tertiary/aromatic N) is 2. The standard InChI is InChI=1S/C24H26FN3S/c1-5-20-10-12-21(13-11-20)15-26-24(28-19(4)23(29-25)16-27-28)14-18(3)22-9-7-6-8-17(22)2/h6-14,16,26H,3,5,15H2,1-2,4H3/b24-14-. The molecule has 1 N–H and O–H groups in total. The summed E-state index contributed by atoms with van der Waals surface area (Å²) in [5.74, 6) is 0.760. The minimum atomic E-state index is 0.209. The lowest BCUT2D eigenvalue weighted by molar-refractivity contribution is 0.754. The zero-order valence-corrected chi connectivity index (χ0v) is 17.9. The number of hydrogen-bond acceptors (Lipinski definition) is 3. The maximum Gasteiger partial charge on any atom is 0.128 e. The molecule has 0 aliphatic heterocycles. The van der Waals surface area contributed by atoms with Crippen molar-refractivity contribution in [3.05, 3.63) is 95.3 Å². The van der Waals surface area contributed by atoms with E-state index < -0.39 is 0 Å². The molecular formula is C24H26FN3S. The fourth-order valence-electron chi connectivity index (χ4n) is 3.16. The highest BCUT2D eigenvalue weighted by atomic mass is 32.2. The van der Waals surface area contributed by atoms with E-state index in [-0.39, 0.29) is 12.1 Å². The van der Waals surface area contributed by atoms with Crippen molar-refractivity contribution in [1.82, 2.24) is 15.1 Å². The van der Waals surface area contributed by atoms with Crippen LogP contribution >= 0.6 is 12.1 Å². The second-order valence-electron chi connectivity index (χ2n) is 6.98. The lowest BCUT2D eigenvalue weighted by Gasteiger charge is -2.15. The fraction of sp³-hybridized carbons (Fsp3) is 0.208. The molecule has 0 radical (unpaired) electrons. The quantitative estimate of drug-likeness (QED) is 0.442. The molecule has 0 bridgehead atoms. The number of hydrogen-bond donors (Lipinski definition) is 1. The zero-order valence-electron chi connectivity index (χ0n) is 17.1. The molecule has 0 spiro atoms. The average Bonchev–Trinajstić information content (AvgIpc) is 3.12. The summed E-state index contributed by atoms with van der Waals surface area (Å²) in [6.07, 6.45) is 4.53. The summed E-state index contributed by atoms with van der Waals surface area (Å²) in [6.45, 7) is 10.9. The molecule has 0 aliphatic rings. The van der Waals surface area contributed by atoms with Crippen molar-refractivity contribution < 1.29 is 3.89 Å². The lowest BCUT2D eigenvalue weighted by atomic mass is 10.0. The molecule has 3 nitrogen and oxygen atoms in total. The smallest absolute Gasteiger partial charge is 0.128 e. The van der Waals surface area contributed by atoms with Gasteiger partial charge in [-0.2, -0.15) is 8.98 Å². The van der Waals surface area contributed by atoms with Gasteiger partial charge in [0.1, 0.15) is 5.82 Å². The van der Waals surface area contributed by atoms with Crippen LogP contribution in [0.1, 0.15) is 34.9 Å². The third kappa shape index (κ3) is 4.98. The van der Waals surface area contributed by atoms with Gasteiger partial charge in [0.2, 0.25) is 0 Å². The summed E-state index contributed by atoms with van der Waals surface area (Å²) in [6, 6.07) is 16.7. The van der Waals surface area contributed by atoms with Crippen LogP contribution in [0.3, 0.4) is 0 Å². The van der Waals surface area contributed by atoms with Gasteiger partial charge in [0.25, 0.3) is 0 Å². The van der Waals surface area contributed by atoms with E-state index >= 15 is 0 Å². The van der Waals surface area contributed by atoms with Gasteiger partial charge < -0.3 is 5.32 Å². The van der Waals surface area contributed by atoms with E-state index in [1.807, 2.05) is 31.2 Å². The van der Waals surface area contributed by atoms with Gasteiger partial charge in [0.05, 0.1) is 28.9 Å².